The van der Waals surface area contributed by atoms with Crippen LogP contribution in [0, 0.1) is 6.92 Å². The maximum atomic E-state index is 12.1. The number of aliphatic hydroxyl groups excluding tert-OH is 1. The predicted octanol–water partition coefficient (Wildman–Crippen LogP) is 2.50. The molecule has 2 aromatic carbocycles. The van der Waals surface area contributed by atoms with Crippen LogP contribution < -0.4 is 0 Å². The third-order valence-electron chi connectivity index (χ3n) is 2.94. The van der Waals surface area contributed by atoms with Gasteiger partial charge in [-0.25, -0.2) is 8.42 Å². The first-order valence-corrected chi connectivity index (χ1v) is 7.67. The first-order valence-electron chi connectivity index (χ1n) is 6.01. The summed E-state index contributed by atoms with van der Waals surface area (Å²) in [6.07, 6.45) is -1.01. The van der Waals surface area contributed by atoms with Gasteiger partial charge in [0.1, 0.15) is 0 Å². The minimum absolute atomic E-state index is 0.237. The molecule has 0 bridgehead atoms. The molecule has 1 N–H and O–H groups in total. The van der Waals surface area contributed by atoms with E-state index in [0.29, 0.717) is 5.56 Å². The van der Waals surface area contributed by atoms with Crippen LogP contribution in [0.1, 0.15) is 17.2 Å². The Morgan fingerprint density at radius 1 is 1.00 bits per heavy atom. The van der Waals surface area contributed by atoms with E-state index in [1.54, 1.807) is 30.3 Å². The molecule has 0 aliphatic carbocycles. The van der Waals surface area contributed by atoms with E-state index in [1.165, 1.54) is 12.1 Å². The molecule has 0 amide bonds. The highest BCUT2D eigenvalue weighted by Gasteiger charge is 2.20. The molecule has 0 saturated carbocycles. The SMILES string of the molecule is Cc1ccc([C@H](O)CS(=O)(=O)c2ccccc2)cc1. The van der Waals surface area contributed by atoms with Crippen molar-refractivity contribution in [2.75, 3.05) is 5.75 Å². The zero-order valence-corrected chi connectivity index (χ0v) is 11.5. The van der Waals surface area contributed by atoms with Crippen molar-refractivity contribution in [3.63, 3.8) is 0 Å². The van der Waals surface area contributed by atoms with Gasteiger partial charge in [0.25, 0.3) is 0 Å². The van der Waals surface area contributed by atoms with E-state index in [1.807, 2.05) is 19.1 Å². The Kier molecular flexibility index (Phi) is 4.02. The largest absolute Gasteiger partial charge is 0.387 e. The van der Waals surface area contributed by atoms with Crippen molar-refractivity contribution < 1.29 is 13.5 Å². The van der Waals surface area contributed by atoms with Crippen LogP contribution in [0.15, 0.2) is 59.5 Å². The van der Waals surface area contributed by atoms with E-state index in [-0.39, 0.29) is 10.6 Å². The first kappa shape index (κ1) is 13.8. The van der Waals surface area contributed by atoms with Crippen molar-refractivity contribution in [1.82, 2.24) is 0 Å². The van der Waals surface area contributed by atoms with Gasteiger partial charge in [0.15, 0.2) is 9.84 Å². The number of benzene rings is 2. The zero-order chi connectivity index (χ0) is 13.9. The monoisotopic (exact) mass is 276 g/mol. The summed E-state index contributed by atoms with van der Waals surface area (Å²) in [6.45, 7) is 1.94. The molecular formula is C15H16O3S. The lowest BCUT2D eigenvalue weighted by atomic mass is 10.1. The van der Waals surface area contributed by atoms with Gasteiger partial charge >= 0.3 is 0 Å². The molecule has 2 rings (SSSR count). The summed E-state index contributed by atoms with van der Waals surface area (Å²) in [7, 11) is -3.47. The van der Waals surface area contributed by atoms with Gasteiger partial charge in [0, 0.05) is 0 Å². The van der Waals surface area contributed by atoms with Crippen LogP contribution in [0.4, 0.5) is 0 Å². The van der Waals surface area contributed by atoms with Gasteiger partial charge in [-0.2, -0.15) is 0 Å². The third-order valence-corrected chi connectivity index (χ3v) is 4.69. The summed E-state index contributed by atoms with van der Waals surface area (Å²) in [5.74, 6) is -0.305. The van der Waals surface area contributed by atoms with Gasteiger partial charge in [0.05, 0.1) is 16.8 Å². The summed E-state index contributed by atoms with van der Waals surface area (Å²) >= 11 is 0. The van der Waals surface area contributed by atoms with Crippen molar-refractivity contribution in [2.45, 2.75) is 17.9 Å². The summed E-state index contributed by atoms with van der Waals surface area (Å²) < 4.78 is 24.2. The van der Waals surface area contributed by atoms with E-state index in [9.17, 15) is 13.5 Å². The maximum absolute atomic E-state index is 12.1. The molecule has 0 radical (unpaired) electrons. The van der Waals surface area contributed by atoms with Gasteiger partial charge in [0.2, 0.25) is 0 Å². The molecule has 0 saturated heterocycles. The molecule has 4 heteroatoms. The van der Waals surface area contributed by atoms with Crippen LogP contribution >= 0.6 is 0 Å². The first-order chi connectivity index (χ1) is 8.99. The fourth-order valence-electron chi connectivity index (χ4n) is 1.82. The molecule has 3 nitrogen and oxygen atoms in total. The Morgan fingerprint density at radius 3 is 2.16 bits per heavy atom. The smallest absolute Gasteiger partial charge is 0.181 e. The average molecular weight is 276 g/mol. The molecule has 0 heterocycles. The van der Waals surface area contributed by atoms with E-state index in [0.717, 1.165) is 5.56 Å². The Morgan fingerprint density at radius 2 is 1.58 bits per heavy atom. The van der Waals surface area contributed by atoms with E-state index < -0.39 is 15.9 Å². The minimum atomic E-state index is -3.47. The predicted molar refractivity (Wildman–Crippen MR) is 74.6 cm³/mol. The molecule has 0 unspecified atom stereocenters. The van der Waals surface area contributed by atoms with Gasteiger partial charge in [-0.1, -0.05) is 48.0 Å². The molecule has 0 aliphatic rings. The summed E-state index contributed by atoms with van der Waals surface area (Å²) in [5, 5.41) is 10.0. The maximum Gasteiger partial charge on any atom is 0.181 e. The quantitative estimate of drug-likeness (QED) is 0.933. The number of rotatable bonds is 4. The van der Waals surface area contributed by atoms with E-state index >= 15 is 0 Å². The number of aliphatic hydroxyl groups is 1. The molecule has 1 atom stereocenters. The Labute approximate surface area is 113 Å². The fourth-order valence-corrected chi connectivity index (χ4v) is 3.19. The number of hydrogen-bond donors (Lipinski definition) is 1. The zero-order valence-electron chi connectivity index (χ0n) is 10.7. The topological polar surface area (TPSA) is 54.4 Å². The second kappa shape index (κ2) is 5.55. The van der Waals surface area contributed by atoms with Crippen LogP contribution in [0.5, 0.6) is 0 Å². The highest BCUT2D eigenvalue weighted by atomic mass is 32.2. The van der Waals surface area contributed by atoms with Crippen molar-refractivity contribution in [2.24, 2.45) is 0 Å². The summed E-state index contributed by atoms with van der Waals surface area (Å²) in [5.41, 5.74) is 1.69. The Bertz CT molecular complexity index is 631. The van der Waals surface area contributed by atoms with Crippen LogP contribution in [0.3, 0.4) is 0 Å². The van der Waals surface area contributed by atoms with Crippen LogP contribution in [0.25, 0.3) is 0 Å². The summed E-state index contributed by atoms with van der Waals surface area (Å²) in [4.78, 5) is 0.237. The second-order valence-electron chi connectivity index (χ2n) is 4.52. The highest BCUT2D eigenvalue weighted by Crippen LogP contribution is 2.20. The molecule has 0 fully saturated rings. The number of hydrogen-bond acceptors (Lipinski definition) is 3. The second-order valence-corrected chi connectivity index (χ2v) is 6.56. The minimum Gasteiger partial charge on any atom is -0.387 e. The van der Waals surface area contributed by atoms with Crippen LogP contribution in [0.2, 0.25) is 0 Å². The Balaban J connectivity index is 2.19. The summed E-state index contributed by atoms with van der Waals surface area (Å²) in [6, 6.07) is 15.4. The van der Waals surface area contributed by atoms with Gasteiger partial charge in [-0.15, -0.1) is 0 Å². The van der Waals surface area contributed by atoms with Crippen LogP contribution in [-0.4, -0.2) is 19.3 Å². The lowest BCUT2D eigenvalue weighted by molar-refractivity contribution is 0.201. The normalized spacial score (nSPS) is 13.2. The van der Waals surface area contributed by atoms with E-state index in [4.69, 9.17) is 0 Å². The van der Waals surface area contributed by atoms with Gasteiger partial charge in [-0.3, -0.25) is 0 Å². The van der Waals surface area contributed by atoms with Crippen molar-refractivity contribution in [3.8, 4) is 0 Å². The molecular weight excluding hydrogens is 260 g/mol. The number of aryl methyl sites for hydroxylation is 1. The molecule has 0 aromatic heterocycles. The third kappa shape index (κ3) is 3.43. The molecule has 100 valence electrons. The molecule has 19 heavy (non-hydrogen) atoms. The van der Waals surface area contributed by atoms with Crippen LogP contribution in [-0.2, 0) is 9.84 Å². The molecule has 2 aromatic rings. The van der Waals surface area contributed by atoms with Crippen molar-refractivity contribution >= 4 is 9.84 Å². The van der Waals surface area contributed by atoms with Gasteiger partial charge < -0.3 is 5.11 Å². The average Bonchev–Trinajstić information content (AvgIpc) is 2.40. The van der Waals surface area contributed by atoms with E-state index in [2.05, 4.69) is 0 Å². The number of sulfone groups is 1. The highest BCUT2D eigenvalue weighted by molar-refractivity contribution is 7.91. The lowest BCUT2D eigenvalue weighted by Gasteiger charge is -2.12. The standard InChI is InChI=1S/C15H16O3S/c1-12-7-9-13(10-8-12)15(16)11-19(17,18)14-5-3-2-4-6-14/h2-10,15-16H,11H2,1H3/t15-/m1/s1. The molecule has 0 aliphatic heterocycles. The Hall–Kier alpha value is -1.65. The lowest BCUT2D eigenvalue weighted by Crippen LogP contribution is -2.14. The van der Waals surface area contributed by atoms with Gasteiger partial charge in [-0.05, 0) is 24.6 Å². The van der Waals surface area contributed by atoms with Crippen molar-refractivity contribution in [1.29, 1.82) is 0 Å². The van der Waals surface area contributed by atoms with Crippen molar-refractivity contribution in [3.05, 3.63) is 65.7 Å². The molecule has 0 spiro atoms. The fraction of sp³-hybridized carbons (Fsp3) is 0.200.